The SMILES string of the molecule is NC(CO)c1nc(C(=O)NCc2ccc(Cl)cc2)co1. The minimum Gasteiger partial charge on any atom is -0.446 e. The molecular weight excluding hydrogens is 282 g/mol. The number of halogens is 1. The molecule has 1 atom stereocenters. The molecule has 1 aromatic carbocycles. The van der Waals surface area contributed by atoms with E-state index in [0.29, 0.717) is 11.6 Å². The van der Waals surface area contributed by atoms with Crippen molar-refractivity contribution in [2.45, 2.75) is 12.6 Å². The number of carbonyl (C=O) groups is 1. The van der Waals surface area contributed by atoms with Gasteiger partial charge in [-0.15, -0.1) is 0 Å². The molecule has 1 amide bonds. The molecule has 0 fully saturated rings. The van der Waals surface area contributed by atoms with Gasteiger partial charge in [-0.25, -0.2) is 4.98 Å². The van der Waals surface area contributed by atoms with Gasteiger partial charge in [-0.1, -0.05) is 23.7 Å². The first kappa shape index (κ1) is 14.5. The molecule has 106 valence electrons. The summed E-state index contributed by atoms with van der Waals surface area (Å²) >= 11 is 5.77. The fourth-order valence-corrected chi connectivity index (χ4v) is 1.64. The zero-order valence-corrected chi connectivity index (χ0v) is 11.3. The van der Waals surface area contributed by atoms with Crippen molar-refractivity contribution in [3.8, 4) is 0 Å². The van der Waals surface area contributed by atoms with Gasteiger partial charge in [-0.3, -0.25) is 4.79 Å². The smallest absolute Gasteiger partial charge is 0.273 e. The maximum atomic E-state index is 11.8. The van der Waals surface area contributed by atoms with Crippen LogP contribution in [0.2, 0.25) is 5.02 Å². The van der Waals surface area contributed by atoms with E-state index in [1.54, 1.807) is 12.1 Å². The number of aliphatic hydroxyl groups is 1. The summed E-state index contributed by atoms with van der Waals surface area (Å²) in [7, 11) is 0. The maximum absolute atomic E-state index is 11.8. The predicted molar refractivity (Wildman–Crippen MR) is 73.1 cm³/mol. The molecule has 0 aliphatic heterocycles. The molecule has 0 aliphatic rings. The third kappa shape index (κ3) is 3.57. The lowest BCUT2D eigenvalue weighted by atomic mass is 10.2. The molecule has 0 saturated carbocycles. The summed E-state index contributed by atoms with van der Waals surface area (Å²) in [5.41, 5.74) is 6.57. The quantitative estimate of drug-likeness (QED) is 0.770. The fourth-order valence-electron chi connectivity index (χ4n) is 1.52. The summed E-state index contributed by atoms with van der Waals surface area (Å²) < 4.78 is 5.03. The Balaban J connectivity index is 1.94. The Morgan fingerprint density at radius 1 is 1.45 bits per heavy atom. The summed E-state index contributed by atoms with van der Waals surface area (Å²) in [6.07, 6.45) is 1.21. The minimum absolute atomic E-state index is 0.123. The zero-order valence-electron chi connectivity index (χ0n) is 10.5. The predicted octanol–water partition coefficient (Wildman–Crippen LogP) is 1.25. The first-order valence-corrected chi connectivity index (χ1v) is 6.32. The molecular formula is C13H14ClN3O3. The van der Waals surface area contributed by atoms with Crippen LogP contribution in [0.4, 0.5) is 0 Å². The Kier molecular flexibility index (Phi) is 4.73. The lowest BCUT2D eigenvalue weighted by molar-refractivity contribution is 0.0946. The molecule has 6 nitrogen and oxygen atoms in total. The first-order valence-electron chi connectivity index (χ1n) is 5.94. The molecule has 1 aromatic heterocycles. The van der Waals surface area contributed by atoms with Gasteiger partial charge in [0.25, 0.3) is 5.91 Å². The number of nitrogens with zero attached hydrogens (tertiary/aromatic N) is 1. The van der Waals surface area contributed by atoms with Crippen LogP contribution in [0.1, 0.15) is 28.0 Å². The largest absolute Gasteiger partial charge is 0.446 e. The van der Waals surface area contributed by atoms with Gasteiger partial charge < -0.3 is 20.6 Å². The van der Waals surface area contributed by atoms with Crippen molar-refractivity contribution in [1.82, 2.24) is 10.3 Å². The highest BCUT2D eigenvalue weighted by atomic mass is 35.5. The average Bonchev–Trinajstić information content (AvgIpc) is 2.95. The van der Waals surface area contributed by atoms with E-state index in [9.17, 15) is 4.79 Å². The summed E-state index contributed by atoms with van der Waals surface area (Å²) in [4.78, 5) is 15.8. The van der Waals surface area contributed by atoms with Crippen molar-refractivity contribution in [1.29, 1.82) is 0 Å². The Bertz CT molecular complexity index is 583. The first-order chi connectivity index (χ1) is 9.60. The number of rotatable bonds is 5. The number of hydrogen-bond acceptors (Lipinski definition) is 5. The maximum Gasteiger partial charge on any atom is 0.273 e. The van der Waals surface area contributed by atoms with Crippen LogP contribution in [0.25, 0.3) is 0 Å². The van der Waals surface area contributed by atoms with Crippen LogP contribution in [0.3, 0.4) is 0 Å². The van der Waals surface area contributed by atoms with E-state index in [0.717, 1.165) is 5.56 Å². The van der Waals surface area contributed by atoms with Crippen molar-refractivity contribution >= 4 is 17.5 Å². The van der Waals surface area contributed by atoms with Crippen LogP contribution in [-0.2, 0) is 6.54 Å². The molecule has 7 heteroatoms. The monoisotopic (exact) mass is 295 g/mol. The standard InChI is InChI=1S/C13H14ClN3O3/c14-9-3-1-8(2-4-9)5-16-12(19)11-7-20-13(17-11)10(15)6-18/h1-4,7,10,18H,5-6,15H2,(H,16,19). The van der Waals surface area contributed by atoms with Gasteiger partial charge >= 0.3 is 0 Å². The highest BCUT2D eigenvalue weighted by Crippen LogP contribution is 2.11. The zero-order chi connectivity index (χ0) is 14.5. The van der Waals surface area contributed by atoms with Crippen LogP contribution in [0.15, 0.2) is 34.9 Å². The van der Waals surface area contributed by atoms with E-state index in [4.69, 9.17) is 26.9 Å². The van der Waals surface area contributed by atoms with Gasteiger partial charge in [0.1, 0.15) is 12.3 Å². The summed E-state index contributed by atoms with van der Waals surface area (Å²) in [5, 5.41) is 12.2. The second-order valence-corrected chi connectivity index (χ2v) is 4.61. The van der Waals surface area contributed by atoms with E-state index >= 15 is 0 Å². The Labute approximate surface area is 120 Å². The van der Waals surface area contributed by atoms with Gasteiger partial charge in [-0.05, 0) is 17.7 Å². The van der Waals surface area contributed by atoms with Crippen LogP contribution in [0, 0.1) is 0 Å². The van der Waals surface area contributed by atoms with Gasteiger partial charge in [0.2, 0.25) is 5.89 Å². The van der Waals surface area contributed by atoms with Gasteiger partial charge in [0.05, 0.1) is 6.61 Å². The molecule has 0 spiro atoms. The Morgan fingerprint density at radius 2 is 2.15 bits per heavy atom. The van der Waals surface area contributed by atoms with E-state index in [2.05, 4.69) is 10.3 Å². The van der Waals surface area contributed by atoms with Gasteiger partial charge in [0, 0.05) is 11.6 Å². The number of nitrogens with two attached hydrogens (primary N) is 1. The van der Waals surface area contributed by atoms with E-state index < -0.39 is 6.04 Å². The summed E-state index contributed by atoms with van der Waals surface area (Å²) in [6.45, 7) is 0.0522. The summed E-state index contributed by atoms with van der Waals surface area (Å²) in [5.74, 6) is -0.246. The number of amides is 1. The topological polar surface area (TPSA) is 101 Å². The van der Waals surface area contributed by atoms with Crippen LogP contribution < -0.4 is 11.1 Å². The lowest BCUT2D eigenvalue weighted by Crippen LogP contribution is -2.23. The molecule has 0 bridgehead atoms. The number of nitrogens with one attached hydrogen (secondary N) is 1. The van der Waals surface area contributed by atoms with Crippen molar-refractivity contribution < 1.29 is 14.3 Å². The van der Waals surface area contributed by atoms with Crippen LogP contribution in [-0.4, -0.2) is 22.6 Å². The molecule has 2 aromatic rings. The van der Waals surface area contributed by atoms with Crippen LogP contribution >= 0.6 is 11.6 Å². The highest BCUT2D eigenvalue weighted by molar-refractivity contribution is 6.30. The van der Waals surface area contributed by atoms with E-state index in [1.165, 1.54) is 6.26 Å². The number of hydrogen-bond donors (Lipinski definition) is 3. The number of aliphatic hydroxyl groups excluding tert-OH is 1. The normalized spacial score (nSPS) is 12.2. The molecule has 1 unspecified atom stereocenters. The van der Waals surface area contributed by atoms with Gasteiger partial charge in [-0.2, -0.15) is 0 Å². The molecule has 0 saturated heterocycles. The third-order valence-corrected chi connectivity index (χ3v) is 2.89. The molecule has 2 rings (SSSR count). The van der Waals surface area contributed by atoms with E-state index in [1.807, 2.05) is 12.1 Å². The van der Waals surface area contributed by atoms with E-state index in [-0.39, 0.29) is 24.1 Å². The van der Waals surface area contributed by atoms with Crippen molar-refractivity contribution in [2.75, 3.05) is 6.61 Å². The number of benzene rings is 1. The molecule has 20 heavy (non-hydrogen) atoms. The second kappa shape index (κ2) is 6.51. The second-order valence-electron chi connectivity index (χ2n) is 4.17. The number of carbonyl (C=O) groups excluding carboxylic acids is 1. The average molecular weight is 296 g/mol. The third-order valence-electron chi connectivity index (χ3n) is 2.63. The molecule has 0 radical (unpaired) electrons. The fraction of sp³-hybridized carbons (Fsp3) is 0.231. The number of aromatic nitrogens is 1. The summed E-state index contributed by atoms with van der Waals surface area (Å²) in [6, 6.07) is 6.40. The lowest BCUT2D eigenvalue weighted by Gasteiger charge is -2.03. The Hall–Kier alpha value is -1.89. The van der Waals surface area contributed by atoms with Crippen molar-refractivity contribution in [2.24, 2.45) is 5.73 Å². The highest BCUT2D eigenvalue weighted by Gasteiger charge is 2.16. The molecule has 1 heterocycles. The minimum atomic E-state index is -0.729. The van der Waals surface area contributed by atoms with Crippen LogP contribution in [0.5, 0.6) is 0 Å². The molecule has 4 N–H and O–H groups in total. The van der Waals surface area contributed by atoms with Crippen molar-refractivity contribution in [3.05, 3.63) is 52.7 Å². The van der Waals surface area contributed by atoms with Crippen molar-refractivity contribution in [3.63, 3.8) is 0 Å². The number of oxazole rings is 1. The van der Waals surface area contributed by atoms with Gasteiger partial charge in [0.15, 0.2) is 5.69 Å². The molecule has 0 aliphatic carbocycles. The Morgan fingerprint density at radius 3 is 2.80 bits per heavy atom.